The Morgan fingerprint density at radius 3 is 2.21 bits per heavy atom. The van der Waals surface area contributed by atoms with E-state index in [9.17, 15) is 8.42 Å². The first-order chi connectivity index (χ1) is 13.1. The molecule has 2 aliphatic rings. The molecule has 158 valence electrons. The van der Waals surface area contributed by atoms with Crippen molar-refractivity contribution in [2.45, 2.75) is 69.4 Å². The number of ether oxygens (including phenoxy) is 1. The van der Waals surface area contributed by atoms with Crippen LogP contribution in [0.2, 0.25) is 0 Å². The van der Waals surface area contributed by atoms with Crippen molar-refractivity contribution in [1.29, 1.82) is 0 Å². The zero-order chi connectivity index (χ0) is 20.5. The number of aromatic nitrogens is 1. The second-order valence-corrected chi connectivity index (χ2v) is 12.0. The normalized spacial score (nSPS) is 25.8. The van der Waals surface area contributed by atoms with Crippen molar-refractivity contribution in [2.75, 3.05) is 37.6 Å². The average molecular weight is 410 g/mol. The molecule has 2 aliphatic heterocycles. The molecule has 0 amide bonds. The summed E-state index contributed by atoms with van der Waals surface area (Å²) in [7, 11) is -3.40. The number of pyridine rings is 1. The Balaban J connectivity index is 1.55. The zero-order valence-corrected chi connectivity index (χ0v) is 18.7. The second-order valence-electron chi connectivity index (χ2n) is 9.38. The largest absolute Gasteiger partial charge is 0.373 e. The molecule has 1 aromatic heterocycles. The maximum Gasteiger partial charge on any atom is 0.200 e. The summed E-state index contributed by atoms with van der Waals surface area (Å²) in [5.41, 5.74) is 1.01. The maximum absolute atomic E-state index is 12.5. The third-order valence-corrected chi connectivity index (χ3v) is 8.20. The molecule has 1 aromatic rings. The predicted octanol–water partition coefficient (Wildman–Crippen LogP) is 2.98. The summed E-state index contributed by atoms with van der Waals surface area (Å²) in [6.07, 6.45) is 4.66. The highest BCUT2D eigenvalue weighted by atomic mass is 32.2. The van der Waals surface area contributed by atoms with Crippen LogP contribution in [0.3, 0.4) is 0 Å². The van der Waals surface area contributed by atoms with E-state index in [4.69, 9.17) is 4.74 Å². The number of nitrogens with zero attached hydrogens (tertiary/aromatic N) is 3. The highest BCUT2D eigenvalue weighted by molar-refractivity contribution is 7.92. The molecule has 3 rings (SSSR count). The molecule has 3 heterocycles. The van der Waals surface area contributed by atoms with E-state index in [2.05, 4.69) is 28.6 Å². The summed E-state index contributed by atoms with van der Waals surface area (Å²) in [4.78, 5) is 9.14. The topological polar surface area (TPSA) is 62.7 Å². The Hall–Kier alpha value is -1.18. The number of hydrogen-bond acceptors (Lipinski definition) is 6. The van der Waals surface area contributed by atoms with Crippen LogP contribution in [-0.2, 0) is 14.6 Å². The van der Waals surface area contributed by atoms with Gasteiger partial charge in [-0.1, -0.05) is 0 Å². The lowest BCUT2D eigenvalue weighted by molar-refractivity contribution is -0.0720. The first kappa shape index (κ1) is 21.5. The molecule has 0 aliphatic carbocycles. The van der Waals surface area contributed by atoms with Gasteiger partial charge in [0.1, 0.15) is 0 Å². The fraction of sp³-hybridized carbons (Fsp3) is 0.762. The van der Waals surface area contributed by atoms with E-state index in [1.807, 2.05) is 6.07 Å². The Bertz CT molecular complexity index is 740. The molecule has 28 heavy (non-hydrogen) atoms. The minimum absolute atomic E-state index is 0.161. The van der Waals surface area contributed by atoms with Gasteiger partial charge in [0.05, 0.1) is 28.8 Å². The van der Waals surface area contributed by atoms with E-state index in [-0.39, 0.29) is 5.03 Å². The van der Waals surface area contributed by atoms with Crippen LogP contribution < -0.4 is 4.90 Å². The van der Waals surface area contributed by atoms with Gasteiger partial charge in [-0.3, -0.25) is 4.90 Å². The molecule has 2 unspecified atom stereocenters. The van der Waals surface area contributed by atoms with Crippen molar-refractivity contribution in [2.24, 2.45) is 5.92 Å². The molecule has 7 heteroatoms. The quantitative estimate of drug-likeness (QED) is 0.762. The lowest BCUT2D eigenvalue weighted by Crippen LogP contribution is -2.48. The molecule has 0 bridgehead atoms. The van der Waals surface area contributed by atoms with E-state index < -0.39 is 14.6 Å². The third kappa shape index (κ3) is 4.86. The lowest BCUT2D eigenvalue weighted by Gasteiger charge is -2.40. The summed E-state index contributed by atoms with van der Waals surface area (Å²) >= 11 is 0. The van der Waals surface area contributed by atoms with Crippen LogP contribution in [0.15, 0.2) is 23.4 Å². The molecule has 0 radical (unpaired) electrons. The molecule has 0 N–H and O–H groups in total. The first-order valence-corrected chi connectivity index (χ1v) is 11.9. The lowest BCUT2D eigenvalue weighted by atomic mass is 9.95. The van der Waals surface area contributed by atoms with Gasteiger partial charge in [0, 0.05) is 32.7 Å². The number of sulfone groups is 1. The van der Waals surface area contributed by atoms with Crippen molar-refractivity contribution in [3.63, 3.8) is 0 Å². The van der Waals surface area contributed by atoms with Gasteiger partial charge in [0.2, 0.25) is 0 Å². The monoisotopic (exact) mass is 409 g/mol. The standard InChI is InChI=1S/C21H35N3O3S/c1-16-13-23(14-17(2)27-16)15-18-8-10-24(11-9-18)19-6-7-20(22-12-19)28(25,26)21(3,4)5/h6-7,12,16-18H,8-11,13-15H2,1-5H3. The number of morpholine rings is 1. The number of rotatable bonds is 4. The molecule has 2 saturated heterocycles. The van der Waals surface area contributed by atoms with E-state index in [0.29, 0.717) is 18.1 Å². The summed E-state index contributed by atoms with van der Waals surface area (Å²) in [6, 6.07) is 3.55. The van der Waals surface area contributed by atoms with Crippen LogP contribution in [0.5, 0.6) is 0 Å². The third-order valence-electron chi connectivity index (χ3n) is 5.79. The fourth-order valence-electron chi connectivity index (χ4n) is 4.20. The van der Waals surface area contributed by atoms with E-state index >= 15 is 0 Å². The minimum atomic E-state index is -3.40. The Kier molecular flexibility index (Phi) is 6.37. The first-order valence-electron chi connectivity index (χ1n) is 10.4. The van der Waals surface area contributed by atoms with Crippen LogP contribution in [0.25, 0.3) is 0 Å². The predicted molar refractivity (Wildman–Crippen MR) is 113 cm³/mol. The summed E-state index contributed by atoms with van der Waals surface area (Å²) in [6.45, 7) is 14.6. The Labute approximate surface area is 170 Å². The van der Waals surface area contributed by atoms with Crippen molar-refractivity contribution in [3.05, 3.63) is 18.3 Å². The molecule has 0 saturated carbocycles. The summed E-state index contributed by atoms with van der Waals surface area (Å²) in [5, 5.41) is 0.161. The van der Waals surface area contributed by atoms with Crippen LogP contribution in [0.1, 0.15) is 47.5 Å². The smallest absolute Gasteiger partial charge is 0.200 e. The van der Waals surface area contributed by atoms with Gasteiger partial charge in [0.25, 0.3) is 0 Å². The average Bonchev–Trinajstić information content (AvgIpc) is 2.61. The molecule has 2 atom stereocenters. The van der Waals surface area contributed by atoms with Crippen molar-refractivity contribution < 1.29 is 13.2 Å². The summed E-state index contributed by atoms with van der Waals surface area (Å²) in [5.74, 6) is 0.710. The second kappa shape index (κ2) is 8.28. The van der Waals surface area contributed by atoms with Crippen LogP contribution in [-0.4, -0.2) is 68.0 Å². The van der Waals surface area contributed by atoms with Gasteiger partial charge in [-0.25, -0.2) is 13.4 Å². The van der Waals surface area contributed by atoms with Crippen molar-refractivity contribution >= 4 is 15.5 Å². The van der Waals surface area contributed by atoms with Gasteiger partial charge < -0.3 is 9.64 Å². The Morgan fingerprint density at radius 1 is 1.11 bits per heavy atom. The van der Waals surface area contributed by atoms with Crippen LogP contribution >= 0.6 is 0 Å². The van der Waals surface area contributed by atoms with Gasteiger partial charge in [0.15, 0.2) is 14.9 Å². The number of hydrogen-bond donors (Lipinski definition) is 0. The van der Waals surface area contributed by atoms with E-state index in [1.165, 1.54) is 0 Å². The summed E-state index contributed by atoms with van der Waals surface area (Å²) < 4.78 is 30.1. The van der Waals surface area contributed by atoms with E-state index in [0.717, 1.165) is 51.3 Å². The highest BCUT2D eigenvalue weighted by Crippen LogP contribution is 2.27. The number of anilines is 1. The maximum atomic E-state index is 12.5. The zero-order valence-electron chi connectivity index (χ0n) is 17.9. The van der Waals surface area contributed by atoms with Crippen molar-refractivity contribution in [1.82, 2.24) is 9.88 Å². The molecular formula is C21H35N3O3S. The highest BCUT2D eigenvalue weighted by Gasteiger charge is 2.32. The fourth-order valence-corrected chi connectivity index (χ4v) is 5.27. The van der Waals surface area contributed by atoms with Gasteiger partial charge in [-0.15, -0.1) is 0 Å². The molecule has 0 spiro atoms. The van der Waals surface area contributed by atoms with E-state index in [1.54, 1.807) is 33.0 Å². The van der Waals surface area contributed by atoms with Gasteiger partial charge in [-0.2, -0.15) is 0 Å². The van der Waals surface area contributed by atoms with Crippen molar-refractivity contribution in [3.8, 4) is 0 Å². The minimum Gasteiger partial charge on any atom is -0.373 e. The Morgan fingerprint density at radius 2 is 1.71 bits per heavy atom. The SMILES string of the molecule is CC1CN(CC2CCN(c3ccc(S(=O)(=O)C(C)(C)C)nc3)CC2)CC(C)O1. The molecule has 6 nitrogen and oxygen atoms in total. The molecule has 2 fully saturated rings. The molecule has 0 aromatic carbocycles. The molecular weight excluding hydrogens is 374 g/mol. The van der Waals surface area contributed by atoms with Gasteiger partial charge in [-0.05, 0) is 65.5 Å². The van der Waals surface area contributed by atoms with Crippen LogP contribution in [0.4, 0.5) is 5.69 Å². The number of piperidine rings is 1. The van der Waals surface area contributed by atoms with Gasteiger partial charge >= 0.3 is 0 Å². The van der Waals surface area contributed by atoms with Crippen LogP contribution in [0, 0.1) is 5.92 Å².